The smallest absolute Gasteiger partial charge is 0.0957 e. The van der Waals surface area contributed by atoms with E-state index in [1.165, 1.54) is 0 Å². The Kier molecular flexibility index (Phi) is 4.77. The van der Waals surface area contributed by atoms with Gasteiger partial charge in [-0.05, 0) is 12.1 Å². The largest absolute Gasteiger partial charge is 0.387 e. The average Bonchev–Trinajstić information content (AvgIpc) is 2.25. The Bertz CT molecular complexity index is 300. The van der Waals surface area contributed by atoms with E-state index in [9.17, 15) is 0 Å². The summed E-state index contributed by atoms with van der Waals surface area (Å²) in [5.74, 6) is 0.168. The standard InChI is InChI=1S/C11H17N3O/c1-9(11(12)13)8-15-7-5-10-4-2-3-6-14-10/h2-4,6,9H,5,7-8H2,1H3,(H3,12,13). The van der Waals surface area contributed by atoms with Gasteiger partial charge >= 0.3 is 0 Å². The van der Waals surface area contributed by atoms with Crippen molar-refractivity contribution in [1.29, 1.82) is 5.41 Å². The Hall–Kier alpha value is -1.42. The van der Waals surface area contributed by atoms with Crippen LogP contribution in [0.15, 0.2) is 24.4 Å². The number of nitrogens with one attached hydrogen (secondary N) is 1. The van der Waals surface area contributed by atoms with Crippen molar-refractivity contribution in [3.05, 3.63) is 30.1 Å². The van der Waals surface area contributed by atoms with Crippen LogP contribution in [-0.4, -0.2) is 24.0 Å². The zero-order valence-electron chi connectivity index (χ0n) is 8.94. The normalized spacial score (nSPS) is 12.3. The molecule has 3 N–H and O–H groups in total. The number of ether oxygens (including phenoxy) is 1. The average molecular weight is 207 g/mol. The van der Waals surface area contributed by atoms with Crippen LogP contribution in [0.1, 0.15) is 12.6 Å². The first-order valence-electron chi connectivity index (χ1n) is 5.01. The molecular formula is C11H17N3O. The molecular weight excluding hydrogens is 190 g/mol. The Balaban J connectivity index is 2.15. The zero-order valence-corrected chi connectivity index (χ0v) is 8.94. The van der Waals surface area contributed by atoms with Gasteiger partial charge in [-0.1, -0.05) is 13.0 Å². The Morgan fingerprint density at radius 3 is 3.00 bits per heavy atom. The van der Waals surface area contributed by atoms with E-state index in [2.05, 4.69) is 4.98 Å². The predicted molar refractivity (Wildman–Crippen MR) is 59.8 cm³/mol. The second-order valence-electron chi connectivity index (χ2n) is 3.50. The lowest BCUT2D eigenvalue weighted by Crippen LogP contribution is -2.24. The first-order chi connectivity index (χ1) is 7.20. The molecule has 0 fully saturated rings. The van der Waals surface area contributed by atoms with Crippen LogP contribution in [0.4, 0.5) is 0 Å². The number of aromatic nitrogens is 1. The lowest BCUT2D eigenvalue weighted by molar-refractivity contribution is 0.123. The second kappa shape index (κ2) is 6.14. The lowest BCUT2D eigenvalue weighted by Gasteiger charge is -2.09. The zero-order chi connectivity index (χ0) is 11.1. The molecule has 0 radical (unpaired) electrons. The highest BCUT2D eigenvalue weighted by Gasteiger charge is 2.04. The third kappa shape index (κ3) is 4.56. The molecule has 82 valence electrons. The van der Waals surface area contributed by atoms with Gasteiger partial charge in [0, 0.05) is 24.2 Å². The maximum absolute atomic E-state index is 7.19. The van der Waals surface area contributed by atoms with E-state index in [4.69, 9.17) is 15.9 Å². The minimum atomic E-state index is -0.00580. The van der Waals surface area contributed by atoms with Gasteiger partial charge in [0.25, 0.3) is 0 Å². The highest BCUT2D eigenvalue weighted by atomic mass is 16.5. The molecule has 0 aromatic carbocycles. The summed E-state index contributed by atoms with van der Waals surface area (Å²) in [7, 11) is 0. The fraction of sp³-hybridized carbons (Fsp3) is 0.455. The van der Waals surface area contributed by atoms with E-state index in [0.29, 0.717) is 13.2 Å². The Labute approximate surface area is 90.0 Å². The third-order valence-electron chi connectivity index (χ3n) is 2.13. The van der Waals surface area contributed by atoms with Gasteiger partial charge in [0.15, 0.2) is 0 Å². The molecule has 0 amide bonds. The summed E-state index contributed by atoms with van der Waals surface area (Å²) in [6.07, 6.45) is 2.57. The van der Waals surface area contributed by atoms with Crippen molar-refractivity contribution in [3.63, 3.8) is 0 Å². The molecule has 0 aliphatic heterocycles. The number of pyridine rings is 1. The highest BCUT2D eigenvalue weighted by Crippen LogP contribution is 1.98. The van der Waals surface area contributed by atoms with E-state index in [1.807, 2.05) is 25.1 Å². The summed E-state index contributed by atoms with van der Waals surface area (Å²) in [6.45, 7) is 3.00. The number of hydrogen-bond acceptors (Lipinski definition) is 3. The molecule has 0 saturated heterocycles. The minimum absolute atomic E-state index is 0.00580. The van der Waals surface area contributed by atoms with Crippen LogP contribution in [-0.2, 0) is 11.2 Å². The van der Waals surface area contributed by atoms with Gasteiger partial charge in [-0.2, -0.15) is 0 Å². The Morgan fingerprint density at radius 2 is 2.40 bits per heavy atom. The van der Waals surface area contributed by atoms with Crippen LogP contribution < -0.4 is 5.73 Å². The number of hydrogen-bond donors (Lipinski definition) is 2. The van der Waals surface area contributed by atoms with Crippen LogP contribution in [0.3, 0.4) is 0 Å². The van der Waals surface area contributed by atoms with Crippen molar-refractivity contribution in [2.45, 2.75) is 13.3 Å². The molecule has 1 heterocycles. The van der Waals surface area contributed by atoms with Gasteiger partial charge in [-0.3, -0.25) is 10.4 Å². The fourth-order valence-corrected chi connectivity index (χ4v) is 1.07. The van der Waals surface area contributed by atoms with Crippen LogP contribution in [0, 0.1) is 11.3 Å². The summed E-state index contributed by atoms with van der Waals surface area (Å²) in [5, 5.41) is 7.19. The van der Waals surface area contributed by atoms with E-state index >= 15 is 0 Å². The summed E-state index contributed by atoms with van der Waals surface area (Å²) in [4.78, 5) is 4.18. The maximum Gasteiger partial charge on any atom is 0.0957 e. The van der Waals surface area contributed by atoms with Gasteiger partial charge in [0.05, 0.1) is 19.0 Å². The van der Waals surface area contributed by atoms with Crippen LogP contribution in [0.2, 0.25) is 0 Å². The van der Waals surface area contributed by atoms with Crippen molar-refractivity contribution in [1.82, 2.24) is 4.98 Å². The highest BCUT2D eigenvalue weighted by molar-refractivity contribution is 5.79. The summed E-state index contributed by atoms with van der Waals surface area (Å²) in [6, 6.07) is 5.82. The van der Waals surface area contributed by atoms with Crippen molar-refractivity contribution in [2.75, 3.05) is 13.2 Å². The molecule has 1 rings (SSSR count). The van der Waals surface area contributed by atoms with Gasteiger partial charge in [-0.15, -0.1) is 0 Å². The molecule has 4 heteroatoms. The quantitative estimate of drug-likeness (QED) is 0.418. The fourth-order valence-electron chi connectivity index (χ4n) is 1.07. The van der Waals surface area contributed by atoms with Gasteiger partial charge in [-0.25, -0.2) is 0 Å². The maximum atomic E-state index is 7.19. The number of nitrogens with zero attached hydrogens (tertiary/aromatic N) is 1. The SMILES string of the molecule is CC(COCCc1ccccn1)C(=N)N. The molecule has 4 nitrogen and oxygen atoms in total. The molecule has 1 aromatic rings. The third-order valence-corrected chi connectivity index (χ3v) is 2.13. The first kappa shape index (κ1) is 11.7. The van der Waals surface area contributed by atoms with Crippen molar-refractivity contribution < 1.29 is 4.74 Å². The summed E-state index contributed by atoms with van der Waals surface area (Å²) in [5.41, 5.74) is 6.34. The lowest BCUT2D eigenvalue weighted by atomic mass is 10.2. The molecule has 0 bridgehead atoms. The van der Waals surface area contributed by atoms with E-state index in [0.717, 1.165) is 12.1 Å². The van der Waals surface area contributed by atoms with Gasteiger partial charge in [0.1, 0.15) is 0 Å². The number of nitrogens with two attached hydrogens (primary N) is 1. The molecule has 0 aliphatic rings. The molecule has 1 atom stereocenters. The Morgan fingerprint density at radius 1 is 1.60 bits per heavy atom. The molecule has 0 saturated carbocycles. The molecule has 0 spiro atoms. The second-order valence-corrected chi connectivity index (χ2v) is 3.50. The van der Waals surface area contributed by atoms with Crippen molar-refractivity contribution >= 4 is 5.84 Å². The van der Waals surface area contributed by atoms with Crippen molar-refractivity contribution in [2.24, 2.45) is 11.7 Å². The van der Waals surface area contributed by atoms with Crippen LogP contribution in [0.5, 0.6) is 0 Å². The first-order valence-corrected chi connectivity index (χ1v) is 5.01. The molecule has 15 heavy (non-hydrogen) atoms. The van der Waals surface area contributed by atoms with Crippen LogP contribution >= 0.6 is 0 Å². The molecule has 1 unspecified atom stereocenters. The predicted octanol–water partition coefficient (Wildman–Crippen LogP) is 1.21. The molecule has 0 aliphatic carbocycles. The number of rotatable bonds is 6. The van der Waals surface area contributed by atoms with Crippen LogP contribution in [0.25, 0.3) is 0 Å². The summed E-state index contributed by atoms with van der Waals surface area (Å²) < 4.78 is 5.40. The number of amidine groups is 1. The van der Waals surface area contributed by atoms with E-state index in [1.54, 1.807) is 6.20 Å². The summed E-state index contributed by atoms with van der Waals surface area (Å²) >= 11 is 0. The monoisotopic (exact) mass is 207 g/mol. The van der Waals surface area contributed by atoms with Crippen molar-refractivity contribution in [3.8, 4) is 0 Å². The van der Waals surface area contributed by atoms with E-state index < -0.39 is 0 Å². The van der Waals surface area contributed by atoms with E-state index in [-0.39, 0.29) is 11.8 Å². The van der Waals surface area contributed by atoms with Gasteiger partial charge < -0.3 is 10.5 Å². The minimum Gasteiger partial charge on any atom is -0.387 e. The molecule has 1 aromatic heterocycles. The van der Waals surface area contributed by atoms with Gasteiger partial charge in [0.2, 0.25) is 0 Å². The topological polar surface area (TPSA) is 72.0 Å².